The van der Waals surface area contributed by atoms with E-state index in [-0.39, 0.29) is 12.3 Å². The maximum absolute atomic E-state index is 6.64. The van der Waals surface area contributed by atoms with Gasteiger partial charge in [-0.05, 0) is 81.9 Å². The van der Waals surface area contributed by atoms with Gasteiger partial charge in [0.15, 0.2) is 0 Å². The van der Waals surface area contributed by atoms with Crippen molar-refractivity contribution >= 4 is 49.6 Å². The highest BCUT2D eigenvalue weighted by molar-refractivity contribution is 6.24. The molecule has 2 atom stereocenters. The van der Waals surface area contributed by atoms with Crippen molar-refractivity contribution in [2.24, 2.45) is 4.99 Å². The standard InChI is InChI=1S/C51H36N4O/c1-4-14-33(15-5-1)36-20-12-22-38(30-36)50-52-49(35-18-8-3-9-19-35)53-51(54-50)39-26-28-45-43(32-39)47-46(56-45)29-27-42-41-24-10-11-25-44(41)55(48(42)47)40-23-13-21-37(31-40)34-16-6-2-7-17-34/h1-32,49,51,53H,(H,52,54). The van der Waals surface area contributed by atoms with Crippen LogP contribution in [0.2, 0.25) is 0 Å². The molecule has 0 spiro atoms. The fourth-order valence-corrected chi connectivity index (χ4v) is 8.40. The Morgan fingerprint density at radius 1 is 0.464 bits per heavy atom. The number of hydrogen-bond donors (Lipinski definition) is 2. The highest BCUT2D eigenvalue weighted by Gasteiger charge is 2.27. The summed E-state index contributed by atoms with van der Waals surface area (Å²) >= 11 is 0. The monoisotopic (exact) mass is 720 g/mol. The number of rotatable bonds is 6. The number of fused-ring (bicyclic) bond motifs is 7. The molecule has 56 heavy (non-hydrogen) atoms. The second kappa shape index (κ2) is 13.3. The molecule has 2 N–H and O–H groups in total. The molecule has 5 heteroatoms. The fraction of sp³-hybridized carbons (Fsp3) is 0.0392. The van der Waals surface area contributed by atoms with Gasteiger partial charge in [0.05, 0.1) is 16.4 Å². The van der Waals surface area contributed by atoms with Crippen LogP contribution in [0.3, 0.4) is 0 Å². The fourth-order valence-electron chi connectivity index (χ4n) is 8.40. The van der Waals surface area contributed by atoms with Crippen molar-refractivity contribution in [2.45, 2.75) is 12.3 Å². The van der Waals surface area contributed by atoms with Gasteiger partial charge < -0.3 is 14.3 Å². The molecular formula is C51H36N4O. The predicted molar refractivity (Wildman–Crippen MR) is 230 cm³/mol. The van der Waals surface area contributed by atoms with E-state index in [2.05, 4.69) is 209 Å². The minimum absolute atomic E-state index is 0.156. The summed E-state index contributed by atoms with van der Waals surface area (Å²) < 4.78 is 9.05. The highest BCUT2D eigenvalue weighted by atomic mass is 16.3. The van der Waals surface area contributed by atoms with Gasteiger partial charge in [0, 0.05) is 27.4 Å². The predicted octanol–water partition coefficient (Wildman–Crippen LogP) is 12.4. The highest BCUT2D eigenvalue weighted by Crippen LogP contribution is 2.42. The molecule has 0 bridgehead atoms. The summed E-state index contributed by atoms with van der Waals surface area (Å²) in [6.07, 6.45) is -0.476. The molecule has 0 radical (unpaired) electrons. The van der Waals surface area contributed by atoms with E-state index in [9.17, 15) is 0 Å². The maximum atomic E-state index is 6.64. The molecule has 266 valence electrons. The van der Waals surface area contributed by atoms with Crippen molar-refractivity contribution in [1.82, 2.24) is 15.2 Å². The molecule has 2 unspecified atom stereocenters. The molecule has 5 nitrogen and oxygen atoms in total. The molecule has 0 saturated heterocycles. The van der Waals surface area contributed by atoms with Crippen LogP contribution in [0, 0.1) is 0 Å². The normalized spacial score (nSPS) is 15.7. The Morgan fingerprint density at radius 3 is 1.89 bits per heavy atom. The van der Waals surface area contributed by atoms with E-state index in [4.69, 9.17) is 9.41 Å². The van der Waals surface area contributed by atoms with Gasteiger partial charge in [-0.25, -0.2) is 4.99 Å². The van der Waals surface area contributed by atoms with Crippen LogP contribution in [0.1, 0.15) is 29.0 Å². The number of nitrogens with zero attached hydrogens (tertiary/aromatic N) is 2. The first-order valence-corrected chi connectivity index (χ1v) is 19.1. The van der Waals surface area contributed by atoms with Crippen LogP contribution >= 0.6 is 0 Å². The van der Waals surface area contributed by atoms with Gasteiger partial charge in [0.2, 0.25) is 0 Å². The summed E-state index contributed by atoms with van der Waals surface area (Å²) in [5, 5.41) is 12.1. The van der Waals surface area contributed by atoms with Crippen LogP contribution in [0.25, 0.3) is 71.7 Å². The molecule has 0 fully saturated rings. The third kappa shape index (κ3) is 5.48. The summed E-state index contributed by atoms with van der Waals surface area (Å²) in [7, 11) is 0. The van der Waals surface area contributed by atoms with Gasteiger partial charge in [-0.2, -0.15) is 0 Å². The second-order valence-corrected chi connectivity index (χ2v) is 14.4. The van der Waals surface area contributed by atoms with Gasteiger partial charge in [-0.15, -0.1) is 0 Å². The van der Waals surface area contributed by atoms with E-state index in [1.807, 2.05) is 0 Å². The Hall–Kier alpha value is -7.21. The quantitative estimate of drug-likeness (QED) is 0.180. The zero-order valence-electron chi connectivity index (χ0n) is 30.4. The number of nitrogens with one attached hydrogen (secondary N) is 2. The van der Waals surface area contributed by atoms with Gasteiger partial charge in [-0.1, -0.05) is 146 Å². The van der Waals surface area contributed by atoms with Crippen molar-refractivity contribution in [1.29, 1.82) is 0 Å². The Bertz CT molecular complexity index is 3090. The second-order valence-electron chi connectivity index (χ2n) is 14.4. The average molecular weight is 721 g/mol. The third-order valence-corrected chi connectivity index (χ3v) is 11.1. The SMILES string of the molecule is c1ccc(-c2cccc(C3=NC(c4ccc5oc6ccc7c8ccccc8n(-c8cccc(-c9ccccc9)c8)c7c6c5c4)NC(c4ccccc4)N3)c2)cc1. The smallest absolute Gasteiger partial charge is 0.137 e. The van der Waals surface area contributed by atoms with Gasteiger partial charge in [-0.3, -0.25) is 5.32 Å². The first-order valence-electron chi connectivity index (χ1n) is 19.1. The maximum Gasteiger partial charge on any atom is 0.137 e. The van der Waals surface area contributed by atoms with E-state index in [0.29, 0.717) is 0 Å². The lowest BCUT2D eigenvalue weighted by Crippen LogP contribution is -2.44. The molecule has 0 saturated carbocycles. The Kier molecular flexibility index (Phi) is 7.64. The van der Waals surface area contributed by atoms with Crippen LogP contribution in [-0.4, -0.2) is 10.4 Å². The zero-order valence-corrected chi connectivity index (χ0v) is 30.4. The minimum Gasteiger partial charge on any atom is -0.456 e. The summed E-state index contributed by atoms with van der Waals surface area (Å²) in [5.41, 5.74) is 13.0. The largest absolute Gasteiger partial charge is 0.456 e. The molecule has 2 aromatic heterocycles. The number of aromatic nitrogens is 1. The lowest BCUT2D eigenvalue weighted by molar-refractivity contribution is 0.409. The van der Waals surface area contributed by atoms with E-state index >= 15 is 0 Å². The van der Waals surface area contributed by atoms with Crippen molar-refractivity contribution < 1.29 is 4.42 Å². The molecule has 0 aliphatic carbocycles. The third-order valence-electron chi connectivity index (χ3n) is 11.1. The van der Waals surface area contributed by atoms with Crippen LogP contribution in [0.4, 0.5) is 0 Å². The molecule has 1 aliphatic rings. The number of para-hydroxylation sites is 1. The number of hydrogen-bond acceptors (Lipinski definition) is 4. The molecule has 10 aromatic rings. The van der Waals surface area contributed by atoms with Crippen LogP contribution in [-0.2, 0) is 0 Å². The van der Waals surface area contributed by atoms with Gasteiger partial charge in [0.1, 0.15) is 29.3 Å². The van der Waals surface area contributed by atoms with Crippen LogP contribution in [0.15, 0.2) is 204 Å². The van der Waals surface area contributed by atoms with E-state index in [1.165, 1.54) is 27.5 Å². The van der Waals surface area contributed by atoms with Crippen molar-refractivity contribution in [2.75, 3.05) is 0 Å². The Labute approximate surface area is 324 Å². The lowest BCUT2D eigenvalue weighted by Gasteiger charge is -2.32. The number of amidine groups is 1. The lowest BCUT2D eigenvalue weighted by atomic mass is 10.0. The Morgan fingerprint density at radius 2 is 1.11 bits per heavy atom. The van der Waals surface area contributed by atoms with E-state index in [0.717, 1.165) is 66.7 Å². The molecular weight excluding hydrogens is 685 g/mol. The van der Waals surface area contributed by atoms with Crippen LogP contribution in [0.5, 0.6) is 0 Å². The first kappa shape index (κ1) is 32.2. The van der Waals surface area contributed by atoms with Crippen molar-refractivity contribution in [3.63, 3.8) is 0 Å². The molecule has 0 amide bonds. The van der Waals surface area contributed by atoms with Crippen molar-refractivity contribution in [3.05, 3.63) is 211 Å². The van der Waals surface area contributed by atoms with Gasteiger partial charge in [0.25, 0.3) is 0 Å². The molecule has 11 rings (SSSR count). The molecule has 1 aliphatic heterocycles. The number of furan rings is 1. The van der Waals surface area contributed by atoms with Crippen LogP contribution < -0.4 is 10.6 Å². The summed E-state index contributed by atoms with van der Waals surface area (Å²) in [4.78, 5) is 5.36. The number of aliphatic imine (C=N–C) groups is 1. The topological polar surface area (TPSA) is 54.5 Å². The Balaban J connectivity index is 1.10. The molecule has 8 aromatic carbocycles. The van der Waals surface area contributed by atoms with E-state index in [1.54, 1.807) is 0 Å². The van der Waals surface area contributed by atoms with Gasteiger partial charge >= 0.3 is 0 Å². The number of benzene rings is 8. The molecule has 3 heterocycles. The summed E-state index contributed by atoms with van der Waals surface area (Å²) in [6.45, 7) is 0. The van der Waals surface area contributed by atoms with E-state index < -0.39 is 0 Å². The minimum atomic E-state index is -0.321. The average Bonchev–Trinajstić information content (AvgIpc) is 3.83. The first-order chi connectivity index (χ1) is 27.7. The van der Waals surface area contributed by atoms with Crippen molar-refractivity contribution in [3.8, 4) is 27.9 Å². The zero-order chi connectivity index (χ0) is 37.0. The summed E-state index contributed by atoms with van der Waals surface area (Å²) in [5.74, 6) is 0.846. The summed E-state index contributed by atoms with van der Waals surface area (Å²) in [6, 6.07) is 68.6.